The molecule has 7 nitrogen and oxygen atoms in total. The number of rotatable bonds is 5. The Kier molecular flexibility index (Phi) is 4.97. The van der Waals surface area contributed by atoms with E-state index in [1.54, 1.807) is 0 Å². The number of aliphatic carboxylic acids is 1. The van der Waals surface area contributed by atoms with Crippen molar-refractivity contribution >= 4 is 11.9 Å². The Bertz CT molecular complexity index is 189. The molecule has 0 aromatic heterocycles. The first-order chi connectivity index (χ1) is 5.97. The van der Waals surface area contributed by atoms with Crippen molar-refractivity contribution in [2.24, 2.45) is 0 Å². The van der Waals surface area contributed by atoms with Crippen molar-refractivity contribution < 1.29 is 34.8 Å². The van der Waals surface area contributed by atoms with Gasteiger partial charge < -0.3 is 25.2 Å². The Balaban J connectivity index is 3.84. The van der Waals surface area contributed by atoms with E-state index in [9.17, 15) is 9.59 Å². The van der Waals surface area contributed by atoms with Gasteiger partial charge in [-0.2, -0.15) is 0 Å². The van der Waals surface area contributed by atoms with Gasteiger partial charge >= 0.3 is 11.9 Å². The summed E-state index contributed by atoms with van der Waals surface area (Å²) in [6, 6.07) is 0. The number of hydrogen-bond donors (Lipinski definition) is 4. The number of carbonyl (C=O) groups is 2. The second kappa shape index (κ2) is 5.46. The van der Waals surface area contributed by atoms with Crippen molar-refractivity contribution in [3.8, 4) is 0 Å². The number of aliphatic hydroxyl groups is 3. The molecule has 0 aliphatic heterocycles. The van der Waals surface area contributed by atoms with Gasteiger partial charge in [-0.05, 0) is 0 Å². The van der Waals surface area contributed by atoms with Gasteiger partial charge in [0.15, 0.2) is 0 Å². The van der Waals surface area contributed by atoms with Crippen LogP contribution >= 0.6 is 0 Å². The quantitative estimate of drug-likeness (QED) is 0.220. The molecule has 2 atom stereocenters. The molecule has 4 N–H and O–H groups in total. The summed E-state index contributed by atoms with van der Waals surface area (Å²) < 4.78 is 4.04. The van der Waals surface area contributed by atoms with Crippen LogP contribution in [0.1, 0.15) is 6.42 Å². The summed E-state index contributed by atoms with van der Waals surface area (Å²) in [6.07, 6.45) is -4.44. The van der Waals surface area contributed by atoms with E-state index in [0.29, 0.717) is 0 Å². The van der Waals surface area contributed by atoms with Crippen LogP contribution in [-0.4, -0.2) is 51.4 Å². The van der Waals surface area contributed by atoms with Gasteiger partial charge in [-0.25, -0.2) is 0 Å². The van der Waals surface area contributed by atoms with Gasteiger partial charge in [-0.15, -0.1) is 0 Å². The summed E-state index contributed by atoms with van der Waals surface area (Å²) in [4.78, 5) is 20.5. The molecule has 0 heterocycles. The lowest BCUT2D eigenvalue weighted by Gasteiger charge is -2.15. The van der Waals surface area contributed by atoms with E-state index in [4.69, 9.17) is 20.4 Å². The van der Waals surface area contributed by atoms with Crippen LogP contribution in [0.15, 0.2) is 0 Å². The number of hydrogen-bond acceptors (Lipinski definition) is 6. The SMILES string of the molecule is O=C(O)CC(=O)OC(O)C(O)CO. The van der Waals surface area contributed by atoms with Crippen LogP contribution in [0.3, 0.4) is 0 Å². The van der Waals surface area contributed by atoms with Crippen molar-refractivity contribution in [1.29, 1.82) is 0 Å². The van der Waals surface area contributed by atoms with Crippen molar-refractivity contribution in [2.45, 2.75) is 18.8 Å². The monoisotopic (exact) mass is 194 g/mol. The highest BCUT2D eigenvalue weighted by Gasteiger charge is 2.20. The predicted octanol–water partition coefficient (Wildman–Crippen LogP) is -2.32. The summed E-state index contributed by atoms with van der Waals surface area (Å²) >= 11 is 0. The summed E-state index contributed by atoms with van der Waals surface area (Å²) in [5, 5.41) is 33.8. The topological polar surface area (TPSA) is 124 Å². The van der Waals surface area contributed by atoms with Gasteiger partial charge in [0.05, 0.1) is 6.61 Å². The number of esters is 1. The molecule has 0 fully saturated rings. The number of carbonyl (C=O) groups excluding carboxylic acids is 1. The third-order valence-corrected chi connectivity index (χ3v) is 1.06. The molecule has 0 saturated carbocycles. The average Bonchev–Trinajstić information content (AvgIpc) is 2.01. The Morgan fingerprint density at radius 2 is 1.85 bits per heavy atom. The first kappa shape index (κ1) is 11.8. The van der Waals surface area contributed by atoms with Crippen LogP contribution in [0.5, 0.6) is 0 Å². The fraction of sp³-hybridized carbons (Fsp3) is 0.667. The first-order valence-corrected chi connectivity index (χ1v) is 3.35. The van der Waals surface area contributed by atoms with Gasteiger partial charge in [0.1, 0.15) is 12.5 Å². The molecule has 0 radical (unpaired) electrons. The third kappa shape index (κ3) is 5.12. The van der Waals surface area contributed by atoms with Crippen LogP contribution in [0.25, 0.3) is 0 Å². The Morgan fingerprint density at radius 3 is 2.23 bits per heavy atom. The maximum Gasteiger partial charge on any atom is 0.319 e. The molecule has 0 saturated heterocycles. The molecule has 0 aromatic carbocycles. The molecule has 0 rings (SSSR count). The highest BCUT2D eigenvalue weighted by Crippen LogP contribution is 1.97. The van der Waals surface area contributed by atoms with Crippen LogP contribution in [-0.2, 0) is 14.3 Å². The summed E-state index contributed by atoms with van der Waals surface area (Å²) in [5.74, 6) is -2.59. The van der Waals surface area contributed by atoms with Crippen LogP contribution < -0.4 is 0 Å². The molecule has 0 aliphatic rings. The number of carboxylic acid groups (broad SMARTS) is 1. The Labute approximate surface area is 73.2 Å². The molecule has 0 aliphatic carbocycles. The largest absolute Gasteiger partial charge is 0.481 e. The lowest BCUT2D eigenvalue weighted by Crippen LogP contribution is -2.34. The highest BCUT2D eigenvalue weighted by atomic mass is 16.6. The second-order valence-corrected chi connectivity index (χ2v) is 2.20. The molecule has 0 bridgehead atoms. The zero-order valence-corrected chi connectivity index (χ0v) is 6.58. The lowest BCUT2D eigenvalue weighted by molar-refractivity contribution is -0.191. The zero-order chi connectivity index (χ0) is 10.4. The van der Waals surface area contributed by atoms with Crippen LogP contribution in [0.2, 0.25) is 0 Å². The minimum absolute atomic E-state index is 0.790. The van der Waals surface area contributed by atoms with Gasteiger partial charge in [-0.3, -0.25) is 9.59 Å². The van der Waals surface area contributed by atoms with E-state index in [1.165, 1.54) is 0 Å². The Morgan fingerprint density at radius 1 is 1.31 bits per heavy atom. The predicted molar refractivity (Wildman–Crippen MR) is 37.4 cm³/mol. The van der Waals surface area contributed by atoms with E-state index in [-0.39, 0.29) is 0 Å². The average molecular weight is 194 g/mol. The third-order valence-electron chi connectivity index (χ3n) is 1.06. The number of ether oxygens (including phenoxy) is 1. The van der Waals surface area contributed by atoms with Crippen molar-refractivity contribution in [3.63, 3.8) is 0 Å². The minimum atomic E-state index is -1.91. The summed E-state index contributed by atoms with van der Waals surface area (Å²) in [5.41, 5.74) is 0. The molecule has 76 valence electrons. The normalized spacial score (nSPS) is 14.7. The smallest absolute Gasteiger partial charge is 0.319 e. The molecule has 13 heavy (non-hydrogen) atoms. The Hall–Kier alpha value is -1.18. The molecular formula is C6H10O7. The zero-order valence-electron chi connectivity index (χ0n) is 6.58. The standard InChI is InChI=1S/C6H10O7/c7-2-3(8)6(12)13-5(11)1-4(9)10/h3,6-8,12H,1-2H2,(H,9,10). The maximum absolute atomic E-state index is 10.5. The fourth-order valence-electron chi connectivity index (χ4n) is 0.469. The van der Waals surface area contributed by atoms with E-state index >= 15 is 0 Å². The van der Waals surface area contributed by atoms with Crippen molar-refractivity contribution in [2.75, 3.05) is 6.61 Å². The van der Waals surface area contributed by atoms with Crippen molar-refractivity contribution in [3.05, 3.63) is 0 Å². The molecule has 7 heteroatoms. The summed E-state index contributed by atoms with van der Waals surface area (Å²) in [6.45, 7) is -0.790. The van der Waals surface area contributed by atoms with Crippen LogP contribution in [0, 0.1) is 0 Å². The van der Waals surface area contributed by atoms with Gasteiger partial charge in [0.25, 0.3) is 0 Å². The highest BCUT2D eigenvalue weighted by molar-refractivity contribution is 5.90. The van der Waals surface area contributed by atoms with Gasteiger partial charge in [0, 0.05) is 0 Å². The maximum atomic E-state index is 10.5. The first-order valence-electron chi connectivity index (χ1n) is 3.35. The minimum Gasteiger partial charge on any atom is -0.481 e. The van der Waals surface area contributed by atoms with Gasteiger partial charge in [-0.1, -0.05) is 0 Å². The summed E-state index contributed by atoms with van der Waals surface area (Å²) in [7, 11) is 0. The molecule has 0 amide bonds. The van der Waals surface area contributed by atoms with Crippen molar-refractivity contribution in [1.82, 2.24) is 0 Å². The van der Waals surface area contributed by atoms with E-state index in [2.05, 4.69) is 4.74 Å². The number of aliphatic hydroxyl groups excluding tert-OH is 3. The molecule has 0 aromatic rings. The van der Waals surface area contributed by atoms with Gasteiger partial charge in [0.2, 0.25) is 6.29 Å². The van der Waals surface area contributed by atoms with E-state index in [1.807, 2.05) is 0 Å². The molecular weight excluding hydrogens is 184 g/mol. The molecule has 0 spiro atoms. The second-order valence-electron chi connectivity index (χ2n) is 2.20. The molecule has 2 unspecified atom stereocenters. The number of carboxylic acids is 1. The van der Waals surface area contributed by atoms with E-state index < -0.39 is 37.4 Å². The lowest BCUT2D eigenvalue weighted by atomic mass is 10.3. The van der Waals surface area contributed by atoms with Crippen LogP contribution in [0.4, 0.5) is 0 Å². The van der Waals surface area contributed by atoms with E-state index in [0.717, 1.165) is 0 Å². The fourth-order valence-corrected chi connectivity index (χ4v) is 0.469.